The Morgan fingerprint density at radius 3 is 2.62 bits per heavy atom. The maximum atomic E-state index is 11.2. The lowest BCUT2D eigenvalue weighted by molar-refractivity contribution is -0.452. The second-order valence-corrected chi connectivity index (χ2v) is 3.03. The van der Waals surface area contributed by atoms with Gasteiger partial charge in [0.1, 0.15) is 0 Å². The Labute approximate surface area is 79.1 Å². The van der Waals surface area contributed by atoms with Crippen LogP contribution in [0.5, 0.6) is 0 Å². The molecule has 0 aliphatic carbocycles. The van der Waals surface area contributed by atoms with Crippen LogP contribution in [0.4, 0.5) is 0 Å². The average Bonchev–Trinajstić information content (AvgIpc) is 2.16. The van der Waals surface area contributed by atoms with Crippen molar-refractivity contribution in [3.05, 3.63) is 41.1 Å². The summed E-state index contributed by atoms with van der Waals surface area (Å²) in [6, 6.07) is 9.66. The van der Waals surface area contributed by atoms with Gasteiger partial charge < -0.3 is 5.21 Å². The molecule has 1 rings (SSSR count). The maximum absolute atomic E-state index is 11.2. The van der Waals surface area contributed by atoms with E-state index in [0.29, 0.717) is 6.54 Å². The lowest BCUT2D eigenvalue weighted by atomic mass is 10.2. The third-order valence-corrected chi connectivity index (χ3v) is 1.82. The van der Waals surface area contributed by atoms with Crippen molar-refractivity contribution in [2.75, 3.05) is 6.54 Å². The zero-order chi connectivity index (χ0) is 9.52. The summed E-state index contributed by atoms with van der Waals surface area (Å²) in [6.07, 6.45) is 3.64. The third kappa shape index (κ3) is 3.74. The van der Waals surface area contributed by atoms with Gasteiger partial charge in [0.2, 0.25) is 0 Å². The highest BCUT2D eigenvalue weighted by Gasteiger charge is 1.93. The maximum Gasteiger partial charge on any atom is 0.181 e. The van der Waals surface area contributed by atoms with Gasteiger partial charge in [-0.3, -0.25) is 0 Å². The molecule has 1 aromatic carbocycles. The normalized spacial score (nSPS) is 11.6. The van der Waals surface area contributed by atoms with Crippen LogP contribution in [-0.2, 0) is 0 Å². The Balaban J connectivity index is 2.55. The van der Waals surface area contributed by atoms with E-state index in [0.717, 1.165) is 23.1 Å². The van der Waals surface area contributed by atoms with Crippen molar-refractivity contribution < 1.29 is 4.74 Å². The van der Waals surface area contributed by atoms with Crippen molar-refractivity contribution >= 4 is 6.21 Å². The van der Waals surface area contributed by atoms with E-state index in [-0.39, 0.29) is 0 Å². The van der Waals surface area contributed by atoms with Gasteiger partial charge >= 0.3 is 0 Å². The molecule has 2 nitrogen and oxygen atoms in total. The van der Waals surface area contributed by atoms with E-state index in [1.807, 2.05) is 30.3 Å². The van der Waals surface area contributed by atoms with Crippen LogP contribution < -0.4 is 0 Å². The monoisotopic (exact) mass is 177 g/mol. The minimum absolute atomic E-state index is 0.589. The molecule has 0 saturated carbocycles. The highest BCUT2D eigenvalue weighted by atomic mass is 16.5. The van der Waals surface area contributed by atoms with Gasteiger partial charge in [0, 0.05) is 12.0 Å². The number of benzene rings is 1. The van der Waals surface area contributed by atoms with Crippen LogP contribution >= 0.6 is 0 Å². The Morgan fingerprint density at radius 1 is 1.31 bits per heavy atom. The molecule has 0 heterocycles. The van der Waals surface area contributed by atoms with Gasteiger partial charge in [-0.1, -0.05) is 31.5 Å². The number of hydrogen-bond donors (Lipinski definition) is 0. The summed E-state index contributed by atoms with van der Waals surface area (Å²) in [6.45, 7) is 2.67. The summed E-state index contributed by atoms with van der Waals surface area (Å²) in [5.74, 6) is 0. The van der Waals surface area contributed by atoms with Crippen LogP contribution in [0, 0.1) is 5.21 Å². The van der Waals surface area contributed by atoms with E-state index in [4.69, 9.17) is 0 Å². The van der Waals surface area contributed by atoms with Crippen molar-refractivity contribution in [1.82, 2.24) is 0 Å². The molecule has 0 aliphatic heterocycles. The molecule has 0 unspecified atom stereocenters. The molecule has 0 N–H and O–H groups in total. The molecule has 0 saturated heterocycles. The molecule has 0 amide bonds. The fraction of sp³-hybridized carbons (Fsp3) is 0.364. The minimum atomic E-state index is 0.589. The topological polar surface area (TPSA) is 26.1 Å². The van der Waals surface area contributed by atoms with Crippen LogP contribution in [0.1, 0.15) is 25.3 Å². The number of nitrogens with zero attached hydrogens (tertiary/aromatic N) is 1. The lowest BCUT2D eigenvalue weighted by Gasteiger charge is -2.01. The van der Waals surface area contributed by atoms with Gasteiger partial charge in [0.25, 0.3) is 0 Å². The summed E-state index contributed by atoms with van der Waals surface area (Å²) < 4.78 is 0.999. The highest BCUT2D eigenvalue weighted by Crippen LogP contribution is 1.94. The SMILES string of the molecule is CCCC/[N+]([O-])=C/c1ccccc1. The molecule has 0 fully saturated rings. The molecule has 2 heteroatoms. The van der Waals surface area contributed by atoms with Gasteiger partial charge in [-0.25, -0.2) is 4.74 Å². The van der Waals surface area contributed by atoms with Gasteiger partial charge in [0.05, 0.1) is 0 Å². The van der Waals surface area contributed by atoms with Crippen LogP contribution in [0.25, 0.3) is 0 Å². The fourth-order valence-electron chi connectivity index (χ4n) is 1.08. The standard InChI is InChI=1S/C11H15NO/c1-2-3-9-12(13)10-11-7-5-4-6-8-11/h4-8,10H,2-3,9H2,1H3/b12-10-. The molecule has 0 spiro atoms. The molecule has 13 heavy (non-hydrogen) atoms. The molecule has 1 aromatic rings. The number of hydrogen-bond acceptors (Lipinski definition) is 1. The number of hydroxylamine groups is 1. The van der Waals surface area contributed by atoms with E-state index in [2.05, 4.69) is 6.92 Å². The van der Waals surface area contributed by atoms with Crippen LogP contribution in [-0.4, -0.2) is 17.5 Å². The van der Waals surface area contributed by atoms with Crippen molar-refractivity contribution in [3.8, 4) is 0 Å². The predicted molar refractivity (Wildman–Crippen MR) is 55.0 cm³/mol. The van der Waals surface area contributed by atoms with Crippen molar-refractivity contribution in [3.63, 3.8) is 0 Å². The number of unbranched alkanes of at least 4 members (excludes halogenated alkanes) is 1. The summed E-state index contributed by atoms with van der Waals surface area (Å²) in [5, 5.41) is 11.2. The van der Waals surface area contributed by atoms with Gasteiger partial charge in [-0.2, -0.15) is 0 Å². The largest absolute Gasteiger partial charge is 0.624 e. The van der Waals surface area contributed by atoms with Crippen molar-refractivity contribution in [2.24, 2.45) is 0 Å². The lowest BCUT2D eigenvalue weighted by Crippen LogP contribution is -2.06. The smallest absolute Gasteiger partial charge is 0.181 e. The molecule has 0 radical (unpaired) electrons. The molecule has 0 bridgehead atoms. The first-order valence-corrected chi connectivity index (χ1v) is 4.66. The Bertz CT molecular complexity index is 267. The fourth-order valence-corrected chi connectivity index (χ4v) is 1.08. The van der Waals surface area contributed by atoms with Crippen LogP contribution in [0.3, 0.4) is 0 Å². The first-order chi connectivity index (χ1) is 6.33. The molecule has 70 valence electrons. The average molecular weight is 177 g/mol. The Hall–Kier alpha value is -1.31. The van der Waals surface area contributed by atoms with Gasteiger partial charge in [-0.15, -0.1) is 0 Å². The first-order valence-electron chi connectivity index (χ1n) is 4.66. The summed E-state index contributed by atoms with van der Waals surface area (Å²) in [4.78, 5) is 0. The summed E-state index contributed by atoms with van der Waals surface area (Å²) >= 11 is 0. The molecule has 0 atom stereocenters. The first kappa shape index (κ1) is 9.78. The van der Waals surface area contributed by atoms with Crippen LogP contribution in [0.15, 0.2) is 30.3 Å². The van der Waals surface area contributed by atoms with Crippen molar-refractivity contribution in [2.45, 2.75) is 19.8 Å². The molecule has 0 aromatic heterocycles. The quantitative estimate of drug-likeness (QED) is 0.300. The Kier molecular flexibility index (Phi) is 4.03. The summed E-state index contributed by atoms with van der Waals surface area (Å²) in [5.41, 5.74) is 0.966. The molecular weight excluding hydrogens is 162 g/mol. The van der Waals surface area contributed by atoms with E-state index < -0.39 is 0 Å². The third-order valence-electron chi connectivity index (χ3n) is 1.82. The highest BCUT2D eigenvalue weighted by molar-refractivity contribution is 5.75. The summed E-state index contributed by atoms with van der Waals surface area (Å²) in [7, 11) is 0. The minimum Gasteiger partial charge on any atom is -0.624 e. The van der Waals surface area contributed by atoms with Gasteiger partial charge in [-0.05, 0) is 12.1 Å². The van der Waals surface area contributed by atoms with E-state index in [1.54, 1.807) is 6.21 Å². The predicted octanol–water partition coefficient (Wildman–Crippen LogP) is 2.42. The second kappa shape index (κ2) is 5.36. The second-order valence-electron chi connectivity index (χ2n) is 3.03. The van der Waals surface area contributed by atoms with E-state index >= 15 is 0 Å². The van der Waals surface area contributed by atoms with Crippen molar-refractivity contribution in [1.29, 1.82) is 0 Å². The van der Waals surface area contributed by atoms with E-state index in [1.165, 1.54) is 0 Å². The number of rotatable bonds is 4. The zero-order valence-corrected chi connectivity index (χ0v) is 7.94. The molecular formula is C11H15NO. The van der Waals surface area contributed by atoms with Crippen LogP contribution in [0.2, 0.25) is 0 Å². The van der Waals surface area contributed by atoms with E-state index in [9.17, 15) is 5.21 Å². The van der Waals surface area contributed by atoms with Gasteiger partial charge in [0.15, 0.2) is 12.8 Å². The Morgan fingerprint density at radius 2 is 2.00 bits per heavy atom. The molecule has 0 aliphatic rings. The zero-order valence-electron chi connectivity index (χ0n) is 7.94.